The van der Waals surface area contributed by atoms with E-state index in [9.17, 15) is 0 Å². The Bertz CT molecular complexity index is 1260. The molecule has 3 heterocycles. The van der Waals surface area contributed by atoms with Gasteiger partial charge in [0.05, 0.1) is 24.5 Å². The first kappa shape index (κ1) is 18.2. The van der Waals surface area contributed by atoms with Crippen LogP contribution in [0.15, 0.2) is 59.2 Å². The number of aromatic nitrogens is 2. The van der Waals surface area contributed by atoms with Crippen molar-refractivity contribution in [2.75, 3.05) is 13.2 Å². The minimum atomic E-state index is 0.350. The van der Waals surface area contributed by atoms with Crippen molar-refractivity contribution >= 4 is 26.7 Å². The molecule has 0 spiro atoms. The molecule has 6 rings (SSSR count). The normalized spacial score (nSPS) is 18.0. The molecule has 2 N–H and O–H groups in total. The number of nitrogens with one attached hydrogen (secondary N) is 2. The number of ether oxygens (including phenoxy) is 1. The molecule has 0 unspecified atom stereocenters. The molecule has 0 aliphatic carbocycles. The molecule has 1 saturated heterocycles. The SMILES string of the molecule is Brc1ccc2c(c1)CCOc1c-2ccc2cc(-c3cnc([C@@H]4CCCN4)[nH]3)ccc12. The molecule has 1 aromatic heterocycles. The molecular weight excluding hydrogens is 438 g/mol. The number of aromatic amines is 1. The van der Waals surface area contributed by atoms with Crippen molar-refractivity contribution in [3.63, 3.8) is 0 Å². The van der Waals surface area contributed by atoms with Crippen molar-refractivity contribution in [2.24, 2.45) is 0 Å². The van der Waals surface area contributed by atoms with Gasteiger partial charge < -0.3 is 15.0 Å². The lowest BCUT2D eigenvalue weighted by molar-refractivity contribution is 0.330. The predicted molar refractivity (Wildman–Crippen MR) is 124 cm³/mol. The molecule has 150 valence electrons. The van der Waals surface area contributed by atoms with Crippen molar-refractivity contribution in [2.45, 2.75) is 25.3 Å². The van der Waals surface area contributed by atoms with Gasteiger partial charge >= 0.3 is 0 Å². The monoisotopic (exact) mass is 459 g/mol. The number of rotatable bonds is 2. The number of nitrogens with zero attached hydrogens (tertiary/aromatic N) is 1. The minimum absolute atomic E-state index is 0.350. The number of hydrogen-bond acceptors (Lipinski definition) is 3. The molecular formula is C25H22BrN3O. The first-order chi connectivity index (χ1) is 14.8. The van der Waals surface area contributed by atoms with E-state index in [-0.39, 0.29) is 0 Å². The zero-order chi connectivity index (χ0) is 20.1. The van der Waals surface area contributed by atoms with E-state index >= 15 is 0 Å². The Morgan fingerprint density at radius 2 is 1.97 bits per heavy atom. The van der Waals surface area contributed by atoms with Gasteiger partial charge in [-0.15, -0.1) is 0 Å². The second-order valence-corrected chi connectivity index (χ2v) is 9.02. The number of benzene rings is 3. The number of halogens is 1. The molecule has 4 aromatic rings. The van der Waals surface area contributed by atoms with Gasteiger partial charge in [-0.3, -0.25) is 0 Å². The Balaban J connectivity index is 1.42. The average molecular weight is 460 g/mol. The number of hydrogen-bond donors (Lipinski definition) is 2. The molecule has 4 nitrogen and oxygen atoms in total. The Morgan fingerprint density at radius 3 is 2.87 bits per heavy atom. The fourth-order valence-corrected chi connectivity index (χ4v) is 5.12. The van der Waals surface area contributed by atoms with E-state index < -0.39 is 0 Å². The zero-order valence-corrected chi connectivity index (χ0v) is 18.1. The Morgan fingerprint density at radius 1 is 1.03 bits per heavy atom. The summed E-state index contributed by atoms with van der Waals surface area (Å²) in [4.78, 5) is 8.14. The van der Waals surface area contributed by atoms with Crippen LogP contribution in [0.3, 0.4) is 0 Å². The number of fused-ring (bicyclic) bond motifs is 5. The van der Waals surface area contributed by atoms with Crippen LogP contribution >= 0.6 is 15.9 Å². The minimum Gasteiger partial charge on any atom is -0.492 e. The molecule has 0 radical (unpaired) electrons. The second-order valence-electron chi connectivity index (χ2n) is 8.11. The molecule has 1 atom stereocenters. The van der Waals surface area contributed by atoms with E-state index in [1.54, 1.807) is 0 Å². The molecule has 5 heteroatoms. The Hall–Kier alpha value is -2.63. The van der Waals surface area contributed by atoms with Crippen LogP contribution in [-0.2, 0) is 6.42 Å². The maximum atomic E-state index is 6.26. The molecule has 0 saturated carbocycles. The van der Waals surface area contributed by atoms with E-state index in [1.165, 1.54) is 28.5 Å². The van der Waals surface area contributed by atoms with Gasteiger partial charge in [-0.05, 0) is 60.2 Å². The van der Waals surface area contributed by atoms with Gasteiger partial charge in [-0.2, -0.15) is 0 Å². The average Bonchev–Trinajstić information content (AvgIpc) is 3.43. The van der Waals surface area contributed by atoms with Crippen LogP contribution in [-0.4, -0.2) is 23.1 Å². The van der Waals surface area contributed by atoms with Gasteiger partial charge in [-0.1, -0.05) is 40.2 Å². The van der Waals surface area contributed by atoms with Crippen LogP contribution in [0, 0.1) is 0 Å². The fraction of sp³-hybridized carbons (Fsp3) is 0.240. The number of H-pyrrole nitrogens is 1. The highest BCUT2D eigenvalue weighted by molar-refractivity contribution is 9.10. The molecule has 0 amide bonds. The lowest BCUT2D eigenvalue weighted by Crippen LogP contribution is -2.14. The third kappa shape index (κ3) is 3.04. The fourth-order valence-electron chi connectivity index (χ4n) is 4.71. The van der Waals surface area contributed by atoms with Gasteiger partial charge in [0.1, 0.15) is 11.6 Å². The first-order valence-corrected chi connectivity index (χ1v) is 11.3. The third-order valence-electron chi connectivity index (χ3n) is 6.24. The van der Waals surface area contributed by atoms with Crippen LogP contribution in [0.2, 0.25) is 0 Å². The summed E-state index contributed by atoms with van der Waals surface area (Å²) in [6, 6.07) is 17.8. The summed E-state index contributed by atoms with van der Waals surface area (Å²) in [5.41, 5.74) is 5.97. The van der Waals surface area contributed by atoms with Crippen molar-refractivity contribution in [3.05, 3.63) is 70.6 Å². The van der Waals surface area contributed by atoms with E-state index in [0.717, 1.165) is 52.1 Å². The van der Waals surface area contributed by atoms with Gasteiger partial charge in [-0.25, -0.2) is 4.98 Å². The summed E-state index contributed by atoms with van der Waals surface area (Å²) in [5.74, 6) is 2.02. The van der Waals surface area contributed by atoms with Crippen LogP contribution in [0.5, 0.6) is 5.75 Å². The van der Waals surface area contributed by atoms with E-state index in [0.29, 0.717) is 12.6 Å². The first-order valence-electron chi connectivity index (χ1n) is 10.5. The van der Waals surface area contributed by atoms with Crippen LogP contribution < -0.4 is 10.1 Å². The third-order valence-corrected chi connectivity index (χ3v) is 6.74. The quantitative estimate of drug-likeness (QED) is 0.385. The van der Waals surface area contributed by atoms with Gasteiger partial charge in [0.2, 0.25) is 0 Å². The zero-order valence-electron chi connectivity index (χ0n) is 16.5. The second kappa shape index (κ2) is 7.25. The largest absolute Gasteiger partial charge is 0.492 e. The van der Waals surface area contributed by atoms with Gasteiger partial charge in [0, 0.05) is 27.4 Å². The molecule has 2 aliphatic rings. The highest BCUT2D eigenvalue weighted by Gasteiger charge is 2.20. The summed E-state index contributed by atoms with van der Waals surface area (Å²) in [5, 5.41) is 5.84. The molecule has 0 bridgehead atoms. The highest BCUT2D eigenvalue weighted by atomic mass is 79.9. The highest BCUT2D eigenvalue weighted by Crippen LogP contribution is 2.42. The van der Waals surface area contributed by atoms with Crippen LogP contribution in [0.1, 0.15) is 30.3 Å². The summed E-state index contributed by atoms with van der Waals surface area (Å²) in [6.07, 6.45) is 5.22. The molecule has 30 heavy (non-hydrogen) atoms. The maximum Gasteiger partial charge on any atom is 0.134 e. The van der Waals surface area contributed by atoms with Crippen molar-refractivity contribution < 1.29 is 4.74 Å². The molecule has 2 aliphatic heterocycles. The summed E-state index contributed by atoms with van der Waals surface area (Å²) >= 11 is 3.60. The standard InChI is InChI=1S/C25H22BrN3O/c26-18-5-8-19-16(13-18)9-11-30-24-20-6-4-17(12-15(20)3-7-21(19)24)23-14-28-25(29-23)22-2-1-10-27-22/h3-8,12-14,22,27H,1-2,9-11H2,(H,28,29)/t22-/m0/s1. The Kier molecular flexibility index (Phi) is 4.39. The van der Waals surface area contributed by atoms with Crippen molar-refractivity contribution in [3.8, 4) is 28.1 Å². The maximum absolute atomic E-state index is 6.26. The van der Waals surface area contributed by atoms with E-state index in [4.69, 9.17) is 4.74 Å². The van der Waals surface area contributed by atoms with E-state index in [2.05, 4.69) is 79.7 Å². The van der Waals surface area contributed by atoms with Crippen molar-refractivity contribution in [1.29, 1.82) is 0 Å². The topological polar surface area (TPSA) is 49.9 Å². The molecule has 1 fully saturated rings. The van der Waals surface area contributed by atoms with Gasteiger partial charge in [0.15, 0.2) is 0 Å². The summed E-state index contributed by atoms with van der Waals surface area (Å²) in [6.45, 7) is 1.76. The molecule has 3 aromatic carbocycles. The van der Waals surface area contributed by atoms with Crippen LogP contribution in [0.25, 0.3) is 33.2 Å². The van der Waals surface area contributed by atoms with Crippen molar-refractivity contribution in [1.82, 2.24) is 15.3 Å². The van der Waals surface area contributed by atoms with Crippen LogP contribution in [0.4, 0.5) is 0 Å². The Labute approximate surface area is 183 Å². The summed E-state index contributed by atoms with van der Waals surface area (Å²) in [7, 11) is 0. The number of imidazole rings is 1. The smallest absolute Gasteiger partial charge is 0.134 e. The summed E-state index contributed by atoms with van der Waals surface area (Å²) < 4.78 is 7.37. The lowest BCUT2D eigenvalue weighted by Gasteiger charge is -2.13. The lowest BCUT2D eigenvalue weighted by atomic mass is 9.95. The van der Waals surface area contributed by atoms with Gasteiger partial charge in [0.25, 0.3) is 0 Å². The predicted octanol–water partition coefficient (Wildman–Crippen LogP) is 6.02. The van der Waals surface area contributed by atoms with E-state index in [1.807, 2.05) is 6.20 Å².